The van der Waals surface area contributed by atoms with Gasteiger partial charge in [0.05, 0.1) is 0 Å². The Morgan fingerprint density at radius 1 is 1.29 bits per heavy atom. The number of hydrogen-bond donors (Lipinski definition) is 1. The molecule has 21 heavy (non-hydrogen) atoms. The number of hydrogen-bond acceptors (Lipinski definition) is 4. The van der Waals surface area contributed by atoms with Gasteiger partial charge in [0, 0.05) is 37.4 Å². The smallest absolute Gasteiger partial charge is 0.163 e. The van der Waals surface area contributed by atoms with Gasteiger partial charge in [-0.2, -0.15) is 0 Å². The zero-order valence-electron chi connectivity index (χ0n) is 12.8. The molecule has 3 rings (SSSR count). The minimum absolute atomic E-state index is 0.572. The third kappa shape index (κ3) is 3.24. The Labute approximate surface area is 126 Å². The highest BCUT2D eigenvalue weighted by atomic mass is 15.2. The first kappa shape index (κ1) is 14.1. The number of likely N-dealkylation sites (tertiary alicyclic amines) is 1. The number of anilines is 1. The summed E-state index contributed by atoms with van der Waals surface area (Å²) in [7, 11) is 1.97. The molecule has 1 N–H and O–H groups in total. The minimum atomic E-state index is 0.572. The molecule has 0 spiro atoms. The highest BCUT2D eigenvalue weighted by molar-refractivity contribution is 5.62. The number of benzene rings is 1. The van der Waals surface area contributed by atoms with Crippen LogP contribution in [-0.4, -0.2) is 45.3 Å². The van der Waals surface area contributed by atoms with Crippen LogP contribution in [0.5, 0.6) is 0 Å². The average molecular weight is 285 g/mol. The van der Waals surface area contributed by atoms with Crippen molar-refractivity contribution in [3.05, 3.63) is 30.6 Å². The van der Waals surface area contributed by atoms with E-state index in [0.717, 1.165) is 17.9 Å². The van der Waals surface area contributed by atoms with E-state index in [1.807, 2.05) is 11.6 Å². The molecule has 0 aliphatic carbocycles. The fourth-order valence-electron chi connectivity index (χ4n) is 2.92. The van der Waals surface area contributed by atoms with Crippen molar-refractivity contribution in [3.63, 3.8) is 0 Å². The lowest BCUT2D eigenvalue weighted by Crippen LogP contribution is -2.38. The topological polar surface area (TPSA) is 46.0 Å². The van der Waals surface area contributed by atoms with Gasteiger partial charge in [-0.25, -0.2) is 0 Å². The van der Waals surface area contributed by atoms with Gasteiger partial charge in [-0.3, -0.25) is 0 Å². The summed E-state index contributed by atoms with van der Waals surface area (Å²) in [4.78, 5) is 2.51. The van der Waals surface area contributed by atoms with Crippen LogP contribution in [0.2, 0.25) is 0 Å². The van der Waals surface area contributed by atoms with Crippen LogP contribution in [0, 0.1) is 0 Å². The summed E-state index contributed by atoms with van der Waals surface area (Å²) in [6.45, 7) is 5.78. The second-order valence-corrected chi connectivity index (χ2v) is 5.70. The lowest BCUT2D eigenvalue weighted by Gasteiger charge is -2.32. The van der Waals surface area contributed by atoms with E-state index in [0.29, 0.717) is 6.04 Å². The van der Waals surface area contributed by atoms with Crippen molar-refractivity contribution in [2.24, 2.45) is 7.05 Å². The molecule has 0 amide bonds. The zero-order chi connectivity index (χ0) is 14.7. The van der Waals surface area contributed by atoms with Crippen LogP contribution in [0.25, 0.3) is 11.4 Å². The van der Waals surface area contributed by atoms with Crippen LogP contribution < -0.4 is 5.32 Å². The molecule has 5 heteroatoms. The summed E-state index contributed by atoms with van der Waals surface area (Å²) in [6, 6.07) is 9.02. The quantitative estimate of drug-likeness (QED) is 0.937. The third-order valence-electron chi connectivity index (χ3n) is 4.24. The molecule has 0 atom stereocenters. The van der Waals surface area contributed by atoms with Crippen LogP contribution in [0.4, 0.5) is 5.69 Å². The normalized spacial score (nSPS) is 17.0. The molecule has 1 aliphatic rings. The largest absolute Gasteiger partial charge is 0.382 e. The molecule has 0 unspecified atom stereocenters. The van der Waals surface area contributed by atoms with Crippen molar-refractivity contribution in [2.45, 2.75) is 25.8 Å². The molecule has 1 fully saturated rings. The lowest BCUT2D eigenvalue weighted by molar-refractivity contribution is 0.229. The molecule has 2 aromatic rings. The molecule has 5 nitrogen and oxygen atoms in total. The molecule has 112 valence electrons. The summed E-state index contributed by atoms with van der Waals surface area (Å²) < 4.78 is 1.94. The Morgan fingerprint density at radius 2 is 2.10 bits per heavy atom. The van der Waals surface area contributed by atoms with Gasteiger partial charge in [0.15, 0.2) is 5.82 Å². The van der Waals surface area contributed by atoms with E-state index in [2.05, 4.69) is 51.6 Å². The third-order valence-corrected chi connectivity index (χ3v) is 4.24. The Kier molecular flexibility index (Phi) is 4.20. The number of rotatable bonds is 4. The number of aryl methyl sites for hydroxylation is 1. The monoisotopic (exact) mass is 285 g/mol. The van der Waals surface area contributed by atoms with Gasteiger partial charge in [0.25, 0.3) is 0 Å². The maximum atomic E-state index is 4.17. The Bertz CT molecular complexity index is 584. The predicted molar refractivity (Wildman–Crippen MR) is 85.2 cm³/mol. The van der Waals surface area contributed by atoms with Crippen molar-refractivity contribution >= 4 is 5.69 Å². The highest BCUT2D eigenvalue weighted by Gasteiger charge is 2.17. The maximum Gasteiger partial charge on any atom is 0.163 e. The van der Waals surface area contributed by atoms with E-state index < -0.39 is 0 Å². The summed E-state index contributed by atoms with van der Waals surface area (Å²) in [5.74, 6) is 0.902. The fraction of sp³-hybridized carbons (Fsp3) is 0.500. The fourth-order valence-corrected chi connectivity index (χ4v) is 2.92. The van der Waals surface area contributed by atoms with E-state index >= 15 is 0 Å². The first-order chi connectivity index (χ1) is 10.3. The van der Waals surface area contributed by atoms with Gasteiger partial charge in [-0.15, -0.1) is 10.2 Å². The summed E-state index contributed by atoms with van der Waals surface area (Å²) >= 11 is 0. The first-order valence-electron chi connectivity index (χ1n) is 7.69. The van der Waals surface area contributed by atoms with Gasteiger partial charge < -0.3 is 14.8 Å². The van der Waals surface area contributed by atoms with Crippen molar-refractivity contribution < 1.29 is 0 Å². The lowest BCUT2D eigenvalue weighted by atomic mass is 10.0. The Hall–Kier alpha value is -1.88. The standard InChI is InChI=1S/C16H23N5/c1-3-21-9-7-14(8-10-21)18-15-6-4-5-13(11-15)16-19-17-12-20(16)2/h4-6,11-12,14,18H,3,7-10H2,1-2H3. The van der Waals surface area contributed by atoms with Crippen LogP contribution in [-0.2, 0) is 7.05 Å². The highest BCUT2D eigenvalue weighted by Crippen LogP contribution is 2.22. The van der Waals surface area contributed by atoms with Gasteiger partial charge in [0.1, 0.15) is 6.33 Å². The number of aromatic nitrogens is 3. The second-order valence-electron chi connectivity index (χ2n) is 5.70. The number of piperidine rings is 1. The summed E-state index contributed by atoms with van der Waals surface area (Å²) in [6.07, 6.45) is 4.15. The van der Waals surface area contributed by atoms with Crippen LogP contribution >= 0.6 is 0 Å². The first-order valence-corrected chi connectivity index (χ1v) is 7.69. The molecule has 1 aromatic heterocycles. The molecule has 0 saturated carbocycles. The maximum absolute atomic E-state index is 4.17. The van der Waals surface area contributed by atoms with Gasteiger partial charge in [0.2, 0.25) is 0 Å². The molecule has 1 aliphatic heterocycles. The van der Waals surface area contributed by atoms with Gasteiger partial charge in [-0.05, 0) is 31.5 Å². The van der Waals surface area contributed by atoms with Crippen molar-refractivity contribution in [1.82, 2.24) is 19.7 Å². The van der Waals surface area contributed by atoms with Crippen LogP contribution in [0.1, 0.15) is 19.8 Å². The predicted octanol–water partition coefficient (Wildman–Crippen LogP) is 2.38. The minimum Gasteiger partial charge on any atom is -0.382 e. The van der Waals surface area contributed by atoms with E-state index in [-0.39, 0.29) is 0 Å². The van der Waals surface area contributed by atoms with Crippen LogP contribution in [0.3, 0.4) is 0 Å². The Morgan fingerprint density at radius 3 is 2.76 bits per heavy atom. The van der Waals surface area contributed by atoms with E-state index in [9.17, 15) is 0 Å². The molecular weight excluding hydrogens is 262 g/mol. The van der Waals surface area contributed by atoms with Crippen LogP contribution in [0.15, 0.2) is 30.6 Å². The molecule has 1 aromatic carbocycles. The van der Waals surface area contributed by atoms with E-state index in [4.69, 9.17) is 0 Å². The molecule has 2 heterocycles. The van der Waals surface area contributed by atoms with Crippen molar-refractivity contribution in [1.29, 1.82) is 0 Å². The van der Waals surface area contributed by atoms with Crippen molar-refractivity contribution in [2.75, 3.05) is 25.0 Å². The molecular formula is C16H23N5. The SMILES string of the molecule is CCN1CCC(Nc2cccc(-c3nncn3C)c2)CC1. The van der Waals surface area contributed by atoms with Gasteiger partial charge in [-0.1, -0.05) is 19.1 Å². The number of nitrogens with one attached hydrogen (secondary N) is 1. The summed E-state index contributed by atoms with van der Waals surface area (Å²) in [5, 5.41) is 11.8. The van der Waals surface area contributed by atoms with Crippen molar-refractivity contribution in [3.8, 4) is 11.4 Å². The zero-order valence-corrected chi connectivity index (χ0v) is 12.8. The Balaban J connectivity index is 1.68. The van der Waals surface area contributed by atoms with Gasteiger partial charge >= 0.3 is 0 Å². The van der Waals surface area contributed by atoms with E-state index in [1.165, 1.54) is 31.6 Å². The molecule has 0 radical (unpaired) electrons. The molecule has 0 bridgehead atoms. The molecule has 1 saturated heterocycles. The average Bonchev–Trinajstić information content (AvgIpc) is 2.94. The van der Waals surface area contributed by atoms with E-state index in [1.54, 1.807) is 6.33 Å². The number of nitrogens with zero attached hydrogens (tertiary/aromatic N) is 4. The summed E-state index contributed by atoms with van der Waals surface area (Å²) in [5.41, 5.74) is 2.27. The second kappa shape index (κ2) is 6.26.